The van der Waals surface area contributed by atoms with Gasteiger partial charge in [-0.05, 0) is 44.1 Å². The van der Waals surface area contributed by atoms with Crippen LogP contribution >= 0.6 is 0 Å². The Balaban J connectivity index is 0.000000970. The van der Waals surface area contributed by atoms with Gasteiger partial charge < -0.3 is 15.8 Å². The Morgan fingerprint density at radius 1 is 1.28 bits per heavy atom. The maximum Gasteiger partial charge on any atom is 0.451 e. The molecule has 2 unspecified atom stereocenters. The summed E-state index contributed by atoms with van der Waals surface area (Å²) < 4.78 is 0. The van der Waals surface area contributed by atoms with Crippen molar-refractivity contribution in [2.45, 2.75) is 51.5 Å². The Morgan fingerprint density at radius 3 is 2.52 bits per heavy atom. The van der Waals surface area contributed by atoms with Crippen LogP contribution in [0.4, 0.5) is 0 Å². The van der Waals surface area contributed by atoms with Crippen LogP contribution in [0.25, 0.3) is 0 Å². The van der Waals surface area contributed by atoms with E-state index in [1.54, 1.807) is 0 Å². The first-order chi connectivity index (χ1) is 12.0. The highest BCUT2D eigenvalue weighted by atomic mass is 16.4. The molecule has 4 N–H and O–H groups in total. The van der Waals surface area contributed by atoms with E-state index in [9.17, 15) is 0 Å². The fourth-order valence-corrected chi connectivity index (χ4v) is 3.25. The first-order valence-corrected chi connectivity index (χ1v) is 8.85. The molecule has 1 aromatic rings. The average Bonchev–Trinajstić information content (AvgIpc) is 3.03. The van der Waals surface area contributed by atoms with E-state index >= 15 is 0 Å². The van der Waals surface area contributed by atoms with Gasteiger partial charge in [0.25, 0.3) is 0 Å². The van der Waals surface area contributed by atoms with Crippen LogP contribution in [-0.4, -0.2) is 47.3 Å². The van der Waals surface area contributed by atoms with Crippen LogP contribution in [0.2, 0.25) is 6.32 Å². The lowest BCUT2D eigenvalue weighted by molar-refractivity contribution is -0.191. The van der Waals surface area contributed by atoms with Gasteiger partial charge in [0.2, 0.25) is 0 Å². The summed E-state index contributed by atoms with van der Waals surface area (Å²) in [6, 6.07) is 9.00. The van der Waals surface area contributed by atoms with Gasteiger partial charge in [-0.15, -0.1) is 0 Å². The maximum absolute atomic E-state index is 8.84. The third-order valence-corrected chi connectivity index (χ3v) is 4.69. The first-order valence-electron chi connectivity index (χ1n) is 8.85. The number of unbranched alkanes of at least 4 members (excludes halogenated alkanes) is 1. The molecular weight excluding hydrogens is 319 g/mol. The minimum Gasteiger partial charge on any atom is -0.427 e. The van der Waals surface area contributed by atoms with Crippen LogP contribution in [-0.2, 0) is 16.1 Å². The number of benzene rings is 1. The fourth-order valence-electron chi connectivity index (χ4n) is 3.25. The molecule has 0 saturated carbocycles. The largest absolute Gasteiger partial charge is 0.451 e. The molecule has 0 bridgehead atoms. The number of hydrogen-bond acceptors (Lipinski definition) is 6. The highest BCUT2D eigenvalue weighted by Gasteiger charge is 2.27. The van der Waals surface area contributed by atoms with E-state index < -0.39 is 7.12 Å². The molecule has 0 aromatic heterocycles. The summed E-state index contributed by atoms with van der Waals surface area (Å²) in [4.78, 5) is 18.7. The molecule has 138 valence electrons. The third-order valence-electron chi connectivity index (χ3n) is 4.69. The summed E-state index contributed by atoms with van der Waals surface area (Å²) in [5.74, 6) is 0.574. The molecule has 7 heteroatoms. The highest BCUT2D eigenvalue weighted by molar-refractivity contribution is 6.40. The van der Waals surface area contributed by atoms with E-state index in [2.05, 4.69) is 36.1 Å². The number of rotatable bonds is 8. The third kappa shape index (κ3) is 8.96. The summed E-state index contributed by atoms with van der Waals surface area (Å²) in [6.45, 7) is 5.34. The monoisotopic (exact) mass is 348 g/mol. The number of likely N-dealkylation sites (tertiary alicyclic amines) is 1. The molecule has 0 radical (unpaired) electrons. The van der Waals surface area contributed by atoms with Crippen molar-refractivity contribution in [2.24, 2.45) is 11.7 Å². The topological polar surface area (TPSA) is 104 Å². The summed E-state index contributed by atoms with van der Waals surface area (Å²) in [7, 11) is -1.17. The van der Waals surface area contributed by atoms with Gasteiger partial charge in [0, 0.05) is 19.1 Å². The second-order valence-corrected chi connectivity index (χ2v) is 6.78. The lowest BCUT2D eigenvalue weighted by atomic mass is 9.82. The molecular formula is C18H29BN2O4. The minimum absolute atomic E-state index is 0.235. The minimum atomic E-state index is -1.17. The molecule has 2 atom stereocenters. The van der Waals surface area contributed by atoms with Crippen LogP contribution in [0.15, 0.2) is 24.3 Å². The molecule has 0 aliphatic carbocycles. The van der Waals surface area contributed by atoms with E-state index in [4.69, 9.17) is 25.4 Å². The molecule has 1 fully saturated rings. The van der Waals surface area contributed by atoms with Crippen molar-refractivity contribution in [1.82, 2.24) is 4.90 Å². The fraction of sp³-hybridized carbons (Fsp3) is 0.611. The second kappa shape index (κ2) is 12.0. The van der Waals surface area contributed by atoms with E-state index in [1.165, 1.54) is 17.5 Å². The Morgan fingerprint density at radius 2 is 1.92 bits per heavy atom. The van der Waals surface area contributed by atoms with Crippen LogP contribution in [0.5, 0.6) is 0 Å². The molecule has 25 heavy (non-hydrogen) atoms. The van der Waals surface area contributed by atoms with Crippen LogP contribution in [0.3, 0.4) is 0 Å². The standard InChI is InChI=1S/C17H29BN2O2.CO2/c1-14-5-7-15(8-6-14)12-20-11-9-16(13-20)17(19)4-2-3-10-18(21)22;2-1-3/h5-8,16-17,21-22H,2-4,9-13,19H2,1H3;. The number of nitrogens with zero attached hydrogens (tertiary/aromatic N) is 1. The van der Waals surface area contributed by atoms with Crippen molar-refractivity contribution in [1.29, 1.82) is 0 Å². The van der Waals surface area contributed by atoms with Crippen molar-refractivity contribution < 1.29 is 19.6 Å². The Labute approximate surface area is 150 Å². The van der Waals surface area contributed by atoms with E-state index in [0.29, 0.717) is 12.2 Å². The second-order valence-electron chi connectivity index (χ2n) is 6.78. The van der Waals surface area contributed by atoms with Gasteiger partial charge in [-0.25, -0.2) is 0 Å². The SMILES string of the molecule is Cc1ccc(CN2CCC(C(N)CCCCB(O)O)C2)cc1.O=C=O. The van der Waals surface area contributed by atoms with Gasteiger partial charge in [0.15, 0.2) is 0 Å². The summed E-state index contributed by atoms with van der Waals surface area (Å²) in [5, 5.41) is 17.7. The maximum atomic E-state index is 8.84. The number of carbonyl (C=O) groups excluding carboxylic acids is 2. The molecule has 6 nitrogen and oxygen atoms in total. The van der Waals surface area contributed by atoms with Gasteiger partial charge in [0.1, 0.15) is 0 Å². The smallest absolute Gasteiger partial charge is 0.427 e. The average molecular weight is 348 g/mol. The quantitative estimate of drug-likeness (QED) is 0.482. The lowest BCUT2D eigenvalue weighted by Crippen LogP contribution is -2.32. The van der Waals surface area contributed by atoms with Crippen LogP contribution < -0.4 is 5.73 Å². The summed E-state index contributed by atoms with van der Waals surface area (Å²) in [5.41, 5.74) is 9.00. The number of aryl methyl sites for hydroxylation is 1. The first kappa shape index (κ1) is 21.5. The van der Waals surface area contributed by atoms with Crippen LogP contribution in [0.1, 0.15) is 36.8 Å². The van der Waals surface area contributed by atoms with Crippen molar-refractivity contribution in [3.63, 3.8) is 0 Å². The van der Waals surface area contributed by atoms with Gasteiger partial charge in [0.05, 0.1) is 0 Å². The predicted octanol–water partition coefficient (Wildman–Crippen LogP) is 1.20. The van der Waals surface area contributed by atoms with Crippen molar-refractivity contribution in [3.05, 3.63) is 35.4 Å². The van der Waals surface area contributed by atoms with Gasteiger partial charge in [-0.2, -0.15) is 9.59 Å². The zero-order valence-corrected chi connectivity index (χ0v) is 14.9. The molecule has 1 aliphatic heterocycles. The molecule has 0 amide bonds. The Kier molecular flexibility index (Phi) is 10.3. The lowest BCUT2D eigenvalue weighted by Gasteiger charge is -2.20. The van der Waals surface area contributed by atoms with Crippen molar-refractivity contribution in [3.8, 4) is 0 Å². The van der Waals surface area contributed by atoms with Crippen molar-refractivity contribution >= 4 is 13.3 Å². The number of nitrogens with two attached hydrogens (primary N) is 1. The summed E-state index contributed by atoms with van der Waals surface area (Å²) >= 11 is 0. The Bertz CT molecular complexity index is 518. The summed E-state index contributed by atoms with van der Waals surface area (Å²) in [6.07, 6.45) is 4.68. The van der Waals surface area contributed by atoms with Gasteiger partial charge >= 0.3 is 13.3 Å². The molecule has 1 saturated heterocycles. The zero-order valence-electron chi connectivity index (χ0n) is 14.9. The predicted molar refractivity (Wildman–Crippen MR) is 96.4 cm³/mol. The van der Waals surface area contributed by atoms with E-state index in [-0.39, 0.29) is 12.2 Å². The molecule has 1 aliphatic rings. The van der Waals surface area contributed by atoms with E-state index in [0.717, 1.165) is 38.9 Å². The number of hydrogen-bond donors (Lipinski definition) is 3. The highest BCUT2D eigenvalue weighted by Crippen LogP contribution is 2.23. The molecule has 1 aromatic carbocycles. The molecule has 0 spiro atoms. The normalized spacial score (nSPS) is 18.2. The Hall–Kier alpha value is -1.50. The zero-order chi connectivity index (χ0) is 18.7. The van der Waals surface area contributed by atoms with Gasteiger partial charge in [-0.1, -0.05) is 42.7 Å². The van der Waals surface area contributed by atoms with Crippen LogP contribution in [0, 0.1) is 12.8 Å². The van der Waals surface area contributed by atoms with Crippen molar-refractivity contribution in [2.75, 3.05) is 13.1 Å². The van der Waals surface area contributed by atoms with Gasteiger partial charge in [-0.3, -0.25) is 4.90 Å². The molecule has 2 rings (SSSR count). The van der Waals surface area contributed by atoms with E-state index in [1.807, 2.05) is 0 Å². The molecule has 1 heterocycles.